The van der Waals surface area contributed by atoms with Crippen LogP contribution in [-0.2, 0) is 0 Å². The highest BCUT2D eigenvalue weighted by Crippen LogP contribution is 2.32. The van der Waals surface area contributed by atoms with E-state index in [4.69, 9.17) is 4.74 Å². The Morgan fingerprint density at radius 3 is 3.10 bits per heavy atom. The van der Waals surface area contributed by atoms with Gasteiger partial charge in [-0.05, 0) is 19.1 Å². The molecule has 0 spiro atoms. The number of hydrogen-bond donors (Lipinski definition) is 2. The van der Waals surface area contributed by atoms with Gasteiger partial charge >= 0.3 is 0 Å². The minimum Gasteiger partial charge on any atom is -0.491 e. The average molecular weight is 283 g/mol. The van der Waals surface area contributed by atoms with Crippen molar-refractivity contribution in [2.45, 2.75) is 13.0 Å². The molecule has 1 aromatic carbocycles. The van der Waals surface area contributed by atoms with Crippen LogP contribution in [0.4, 0.5) is 5.69 Å². The molecule has 1 unspecified atom stereocenters. The number of aromatic nitrogens is 1. The third-order valence-corrected chi connectivity index (χ3v) is 3.44. The highest BCUT2D eigenvalue weighted by molar-refractivity contribution is 5.99. The molecule has 1 aromatic heterocycles. The van der Waals surface area contributed by atoms with E-state index in [9.17, 15) is 4.79 Å². The summed E-state index contributed by atoms with van der Waals surface area (Å²) < 4.78 is 5.58. The summed E-state index contributed by atoms with van der Waals surface area (Å²) in [6, 6.07) is 9.37. The van der Waals surface area contributed by atoms with Crippen LogP contribution in [0.25, 0.3) is 0 Å². The van der Waals surface area contributed by atoms with E-state index in [0.717, 1.165) is 23.5 Å². The quantitative estimate of drug-likeness (QED) is 0.904. The fourth-order valence-electron chi connectivity index (χ4n) is 2.44. The zero-order valence-corrected chi connectivity index (χ0v) is 11.8. The van der Waals surface area contributed by atoms with Gasteiger partial charge in [0, 0.05) is 18.3 Å². The SMILES string of the molecule is CCNc1cnccc1C(=O)NC1COc2ccccc21. The van der Waals surface area contributed by atoms with E-state index in [1.165, 1.54) is 0 Å². The second-order valence-corrected chi connectivity index (χ2v) is 4.83. The van der Waals surface area contributed by atoms with Crippen LogP contribution in [0.5, 0.6) is 5.75 Å². The number of carbonyl (C=O) groups excluding carboxylic acids is 1. The molecule has 0 aliphatic carbocycles. The number of benzene rings is 1. The second kappa shape index (κ2) is 5.83. The topological polar surface area (TPSA) is 63.2 Å². The number of nitrogens with zero attached hydrogens (tertiary/aromatic N) is 1. The first-order chi connectivity index (χ1) is 10.3. The molecule has 2 heterocycles. The van der Waals surface area contributed by atoms with Crippen molar-refractivity contribution in [1.82, 2.24) is 10.3 Å². The van der Waals surface area contributed by atoms with Crippen LogP contribution in [0.2, 0.25) is 0 Å². The monoisotopic (exact) mass is 283 g/mol. The van der Waals surface area contributed by atoms with Gasteiger partial charge in [-0.15, -0.1) is 0 Å². The van der Waals surface area contributed by atoms with Crippen LogP contribution in [0.1, 0.15) is 28.9 Å². The Morgan fingerprint density at radius 2 is 2.24 bits per heavy atom. The van der Waals surface area contributed by atoms with Crippen LogP contribution in [-0.4, -0.2) is 24.0 Å². The molecule has 0 saturated heterocycles. The first-order valence-electron chi connectivity index (χ1n) is 7.00. The lowest BCUT2D eigenvalue weighted by molar-refractivity contribution is 0.0931. The molecule has 0 bridgehead atoms. The first-order valence-corrected chi connectivity index (χ1v) is 7.00. The van der Waals surface area contributed by atoms with Gasteiger partial charge in [-0.3, -0.25) is 9.78 Å². The Kier molecular flexibility index (Phi) is 3.73. The molecule has 2 aromatic rings. The van der Waals surface area contributed by atoms with E-state index >= 15 is 0 Å². The molecule has 5 nitrogen and oxygen atoms in total. The summed E-state index contributed by atoms with van der Waals surface area (Å²) in [5.74, 6) is 0.711. The number of pyridine rings is 1. The van der Waals surface area contributed by atoms with E-state index < -0.39 is 0 Å². The van der Waals surface area contributed by atoms with E-state index in [-0.39, 0.29) is 11.9 Å². The summed E-state index contributed by atoms with van der Waals surface area (Å²) in [5.41, 5.74) is 2.35. The van der Waals surface area contributed by atoms with Gasteiger partial charge in [0.1, 0.15) is 12.4 Å². The molecular formula is C16H17N3O2. The Balaban J connectivity index is 1.79. The predicted molar refractivity (Wildman–Crippen MR) is 80.5 cm³/mol. The van der Waals surface area contributed by atoms with Crippen molar-refractivity contribution >= 4 is 11.6 Å². The van der Waals surface area contributed by atoms with E-state index in [1.807, 2.05) is 31.2 Å². The number of para-hydroxylation sites is 1. The van der Waals surface area contributed by atoms with Crippen molar-refractivity contribution in [3.8, 4) is 5.75 Å². The van der Waals surface area contributed by atoms with Gasteiger partial charge in [0.05, 0.1) is 23.5 Å². The summed E-state index contributed by atoms with van der Waals surface area (Å²) in [7, 11) is 0. The van der Waals surface area contributed by atoms with Gasteiger partial charge in [0.15, 0.2) is 0 Å². The molecule has 1 aliphatic heterocycles. The summed E-state index contributed by atoms with van der Waals surface area (Å²) in [6.45, 7) is 3.18. The lowest BCUT2D eigenvalue weighted by Gasteiger charge is -2.14. The van der Waals surface area contributed by atoms with Crippen LogP contribution in [0.3, 0.4) is 0 Å². The lowest BCUT2D eigenvalue weighted by atomic mass is 10.1. The second-order valence-electron chi connectivity index (χ2n) is 4.83. The average Bonchev–Trinajstić information content (AvgIpc) is 2.91. The minimum atomic E-state index is -0.126. The maximum absolute atomic E-state index is 12.5. The van der Waals surface area contributed by atoms with Gasteiger partial charge in [0.25, 0.3) is 5.91 Å². The standard InChI is InChI=1S/C16H17N3O2/c1-2-18-13-9-17-8-7-12(13)16(20)19-14-10-21-15-6-4-3-5-11(14)15/h3-9,14,18H,2,10H2,1H3,(H,19,20). The van der Waals surface area contributed by atoms with Crippen LogP contribution >= 0.6 is 0 Å². The van der Waals surface area contributed by atoms with Crippen molar-refractivity contribution in [3.05, 3.63) is 53.9 Å². The maximum Gasteiger partial charge on any atom is 0.254 e. The minimum absolute atomic E-state index is 0.114. The Hall–Kier alpha value is -2.56. The zero-order chi connectivity index (χ0) is 14.7. The fourth-order valence-corrected chi connectivity index (χ4v) is 2.44. The molecule has 1 atom stereocenters. The van der Waals surface area contributed by atoms with Crippen LogP contribution < -0.4 is 15.4 Å². The van der Waals surface area contributed by atoms with Crippen molar-refractivity contribution < 1.29 is 9.53 Å². The molecule has 0 saturated carbocycles. The lowest BCUT2D eigenvalue weighted by Crippen LogP contribution is -2.30. The number of fused-ring (bicyclic) bond motifs is 1. The van der Waals surface area contributed by atoms with Gasteiger partial charge in [-0.25, -0.2) is 0 Å². The molecule has 3 rings (SSSR count). The highest BCUT2D eigenvalue weighted by atomic mass is 16.5. The largest absolute Gasteiger partial charge is 0.491 e. The van der Waals surface area contributed by atoms with Gasteiger partial charge in [-0.2, -0.15) is 0 Å². The highest BCUT2D eigenvalue weighted by Gasteiger charge is 2.26. The van der Waals surface area contributed by atoms with Crippen LogP contribution in [0, 0.1) is 0 Å². The van der Waals surface area contributed by atoms with Gasteiger partial charge in [-0.1, -0.05) is 18.2 Å². The van der Waals surface area contributed by atoms with Crippen molar-refractivity contribution in [2.24, 2.45) is 0 Å². The molecule has 5 heteroatoms. The normalized spacial score (nSPS) is 16.0. The number of rotatable bonds is 4. The number of amides is 1. The molecule has 1 amide bonds. The smallest absolute Gasteiger partial charge is 0.254 e. The van der Waals surface area contributed by atoms with Crippen molar-refractivity contribution in [1.29, 1.82) is 0 Å². The summed E-state index contributed by atoms with van der Waals surface area (Å²) >= 11 is 0. The summed E-state index contributed by atoms with van der Waals surface area (Å²) in [5, 5.41) is 6.16. The number of anilines is 1. The number of ether oxygens (including phenoxy) is 1. The molecule has 21 heavy (non-hydrogen) atoms. The Labute approximate surface area is 123 Å². The van der Waals surface area contributed by atoms with Gasteiger partial charge < -0.3 is 15.4 Å². The maximum atomic E-state index is 12.5. The van der Waals surface area contributed by atoms with E-state index in [0.29, 0.717) is 12.2 Å². The summed E-state index contributed by atoms with van der Waals surface area (Å²) in [6.07, 6.45) is 3.28. The third-order valence-electron chi connectivity index (χ3n) is 3.44. The Morgan fingerprint density at radius 1 is 1.38 bits per heavy atom. The Bertz CT molecular complexity index is 657. The molecule has 1 aliphatic rings. The molecule has 2 N–H and O–H groups in total. The first kappa shape index (κ1) is 13.4. The molecular weight excluding hydrogens is 266 g/mol. The number of hydrogen-bond acceptors (Lipinski definition) is 4. The summed E-state index contributed by atoms with van der Waals surface area (Å²) in [4.78, 5) is 16.5. The van der Waals surface area contributed by atoms with E-state index in [2.05, 4.69) is 15.6 Å². The van der Waals surface area contributed by atoms with Crippen molar-refractivity contribution in [3.63, 3.8) is 0 Å². The van der Waals surface area contributed by atoms with Gasteiger partial charge in [0.2, 0.25) is 0 Å². The van der Waals surface area contributed by atoms with E-state index in [1.54, 1.807) is 18.5 Å². The molecule has 0 fully saturated rings. The predicted octanol–water partition coefficient (Wildman–Crippen LogP) is 2.38. The number of nitrogens with one attached hydrogen (secondary N) is 2. The fraction of sp³-hybridized carbons (Fsp3) is 0.250. The third kappa shape index (κ3) is 2.67. The number of carbonyl (C=O) groups is 1. The van der Waals surface area contributed by atoms with Crippen molar-refractivity contribution in [2.75, 3.05) is 18.5 Å². The molecule has 0 radical (unpaired) electrons. The zero-order valence-electron chi connectivity index (χ0n) is 11.8. The van der Waals surface area contributed by atoms with Crippen LogP contribution in [0.15, 0.2) is 42.7 Å². The molecule has 108 valence electrons.